The first-order valence-corrected chi connectivity index (χ1v) is 2.34. The second kappa shape index (κ2) is 4.13. The molecule has 0 aromatic carbocycles. The summed E-state index contributed by atoms with van der Waals surface area (Å²) in [4.78, 5) is 9.65. The molecule has 0 saturated carbocycles. The molecule has 0 aliphatic rings. The van der Waals surface area contributed by atoms with Gasteiger partial charge in [-0.25, -0.2) is 0 Å². The molecule has 0 aliphatic heterocycles. The van der Waals surface area contributed by atoms with Crippen LogP contribution in [0.3, 0.4) is 0 Å². The van der Waals surface area contributed by atoms with Crippen LogP contribution in [0.4, 0.5) is 0 Å². The minimum Gasteiger partial charge on any atom is -0.550 e. The lowest BCUT2D eigenvalue weighted by Gasteiger charge is -1.94. The summed E-state index contributed by atoms with van der Waals surface area (Å²) in [7, 11) is 0. The number of unbranched alkanes of at least 4 members (excludes halogenated alkanes) is 1. The van der Waals surface area contributed by atoms with Crippen molar-refractivity contribution in [1.82, 2.24) is 0 Å². The minimum atomic E-state index is -1.08. The Morgan fingerprint density at radius 3 is 2.75 bits per heavy atom. The average Bonchev–Trinajstić information content (AvgIpc) is 1.66. The van der Waals surface area contributed by atoms with Crippen LogP contribution in [0.5, 0.6) is 0 Å². The lowest BCUT2D eigenvalue weighted by atomic mass is 10.2. The minimum absolute atomic E-state index is 0.00639. The number of carbonyl (C=O) groups excluding carboxylic acids is 1. The Morgan fingerprint density at radius 2 is 2.38 bits per heavy atom. The van der Waals surface area contributed by atoms with Gasteiger partial charge in [0.2, 0.25) is 0 Å². The summed E-state index contributed by atoms with van der Waals surface area (Å²) in [6.45, 7) is 0. The van der Waals surface area contributed by atoms with Gasteiger partial charge in [-0.2, -0.15) is 5.26 Å². The fourth-order valence-electron chi connectivity index (χ4n) is 0.312. The molecule has 0 saturated heterocycles. The zero-order chi connectivity index (χ0) is 6.41. The first-order chi connectivity index (χ1) is 3.77. The van der Waals surface area contributed by atoms with Gasteiger partial charge in [0, 0.05) is 12.4 Å². The predicted molar refractivity (Wildman–Crippen MR) is 24.5 cm³/mol. The van der Waals surface area contributed by atoms with Crippen LogP contribution in [0.15, 0.2) is 0 Å². The van der Waals surface area contributed by atoms with Crippen LogP contribution in [0.25, 0.3) is 0 Å². The maximum Gasteiger partial charge on any atom is 0.0621 e. The number of hydrogen-bond acceptors (Lipinski definition) is 3. The first kappa shape index (κ1) is 6.96. The number of hydrogen-bond donors (Lipinski definition) is 0. The fraction of sp³-hybridized carbons (Fsp3) is 0.600. The van der Waals surface area contributed by atoms with Crippen molar-refractivity contribution in [3.8, 4) is 6.07 Å². The fourth-order valence-corrected chi connectivity index (χ4v) is 0.312. The third-order valence-electron chi connectivity index (χ3n) is 0.669. The van der Waals surface area contributed by atoms with E-state index in [9.17, 15) is 9.90 Å². The Kier molecular flexibility index (Phi) is 3.59. The van der Waals surface area contributed by atoms with E-state index in [2.05, 4.69) is 0 Å². The van der Waals surface area contributed by atoms with Crippen LogP contribution >= 0.6 is 0 Å². The monoisotopic (exact) mass is 112 g/mol. The lowest BCUT2D eigenvalue weighted by molar-refractivity contribution is -0.305. The van der Waals surface area contributed by atoms with E-state index in [1.54, 1.807) is 0 Å². The van der Waals surface area contributed by atoms with Crippen molar-refractivity contribution in [2.45, 2.75) is 19.3 Å². The largest absolute Gasteiger partial charge is 0.550 e. The molecule has 44 valence electrons. The van der Waals surface area contributed by atoms with Gasteiger partial charge >= 0.3 is 0 Å². The van der Waals surface area contributed by atoms with Crippen molar-refractivity contribution in [1.29, 1.82) is 5.26 Å². The standard InChI is InChI=1S/C5H7NO2/c6-4-2-1-3-5(7)8/h1-3H2,(H,7,8)/p-1. The maximum atomic E-state index is 9.65. The molecule has 0 aliphatic carbocycles. The summed E-state index contributed by atoms with van der Waals surface area (Å²) in [5.74, 6) is -1.08. The quantitative estimate of drug-likeness (QED) is 0.459. The van der Waals surface area contributed by atoms with Gasteiger partial charge in [0.1, 0.15) is 0 Å². The number of carboxylic acid groups (broad SMARTS) is 1. The Hall–Kier alpha value is -1.04. The number of nitrogens with zero attached hydrogens (tertiary/aromatic N) is 1. The van der Waals surface area contributed by atoms with Crippen molar-refractivity contribution in [2.24, 2.45) is 0 Å². The van der Waals surface area contributed by atoms with Gasteiger partial charge in [-0.15, -0.1) is 0 Å². The predicted octanol–water partition coefficient (Wildman–Crippen LogP) is -0.570. The highest BCUT2D eigenvalue weighted by Crippen LogP contribution is 1.89. The second-order valence-corrected chi connectivity index (χ2v) is 1.38. The normalized spacial score (nSPS) is 7.88. The molecule has 0 spiro atoms. The van der Waals surface area contributed by atoms with Crippen molar-refractivity contribution >= 4 is 5.97 Å². The van der Waals surface area contributed by atoms with Crippen LogP contribution in [0.1, 0.15) is 19.3 Å². The number of rotatable bonds is 3. The summed E-state index contributed by atoms with van der Waals surface area (Å²) in [5.41, 5.74) is 0. The van der Waals surface area contributed by atoms with E-state index in [1.165, 1.54) is 0 Å². The van der Waals surface area contributed by atoms with Crippen LogP contribution in [-0.2, 0) is 4.79 Å². The molecule has 0 unspecified atom stereocenters. The van der Waals surface area contributed by atoms with E-state index in [1.807, 2.05) is 6.07 Å². The molecule has 0 amide bonds. The Bertz CT molecular complexity index is 114. The maximum absolute atomic E-state index is 9.65. The highest BCUT2D eigenvalue weighted by atomic mass is 16.4. The van der Waals surface area contributed by atoms with Gasteiger partial charge in [-0.05, 0) is 12.8 Å². The third-order valence-corrected chi connectivity index (χ3v) is 0.669. The van der Waals surface area contributed by atoms with Gasteiger partial charge in [0.15, 0.2) is 0 Å². The van der Waals surface area contributed by atoms with Crippen LogP contribution in [0, 0.1) is 11.3 Å². The van der Waals surface area contributed by atoms with Crippen LogP contribution in [0.2, 0.25) is 0 Å². The first-order valence-electron chi connectivity index (χ1n) is 2.34. The summed E-state index contributed by atoms with van der Waals surface area (Å²) >= 11 is 0. The van der Waals surface area contributed by atoms with E-state index in [0.717, 1.165) is 0 Å². The molecular weight excluding hydrogens is 106 g/mol. The summed E-state index contributed by atoms with van der Waals surface area (Å²) in [6, 6.07) is 1.83. The molecule has 0 aromatic rings. The SMILES string of the molecule is N#CCCCC(=O)[O-]. The molecule has 0 rings (SSSR count). The number of aliphatic carboxylic acids is 1. The number of carbonyl (C=O) groups is 1. The van der Waals surface area contributed by atoms with E-state index in [0.29, 0.717) is 12.8 Å². The Morgan fingerprint density at radius 1 is 1.75 bits per heavy atom. The summed E-state index contributed by atoms with van der Waals surface area (Å²) < 4.78 is 0. The van der Waals surface area contributed by atoms with Crippen LogP contribution < -0.4 is 5.11 Å². The average molecular weight is 112 g/mol. The van der Waals surface area contributed by atoms with Gasteiger partial charge in [0.05, 0.1) is 6.07 Å². The Labute approximate surface area is 47.5 Å². The van der Waals surface area contributed by atoms with E-state index in [4.69, 9.17) is 5.26 Å². The molecule has 0 N–H and O–H groups in total. The van der Waals surface area contributed by atoms with E-state index < -0.39 is 5.97 Å². The van der Waals surface area contributed by atoms with Crippen molar-refractivity contribution in [3.05, 3.63) is 0 Å². The second-order valence-electron chi connectivity index (χ2n) is 1.38. The van der Waals surface area contributed by atoms with Gasteiger partial charge in [0.25, 0.3) is 0 Å². The van der Waals surface area contributed by atoms with Gasteiger partial charge in [-0.3, -0.25) is 0 Å². The Balaban J connectivity index is 2.97. The molecule has 0 atom stereocenters. The van der Waals surface area contributed by atoms with E-state index in [-0.39, 0.29) is 6.42 Å². The smallest absolute Gasteiger partial charge is 0.0621 e. The number of carboxylic acids is 1. The van der Waals surface area contributed by atoms with Gasteiger partial charge in [-0.1, -0.05) is 0 Å². The highest BCUT2D eigenvalue weighted by molar-refractivity contribution is 5.64. The molecular formula is C5H6NO2-. The topological polar surface area (TPSA) is 63.9 Å². The molecule has 0 radical (unpaired) electrons. The third kappa shape index (κ3) is 4.96. The summed E-state index contributed by atoms with van der Waals surface area (Å²) in [5, 5.41) is 17.6. The summed E-state index contributed by atoms with van der Waals surface area (Å²) in [6.07, 6.45) is 0.695. The van der Waals surface area contributed by atoms with Gasteiger partial charge < -0.3 is 9.90 Å². The molecule has 0 fully saturated rings. The zero-order valence-corrected chi connectivity index (χ0v) is 4.39. The molecule has 0 bridgehead atoms. The van der Waals surface area contributed by atoms with Crippen LogP contribution in [-0.4, -0.2) is 5.97 Å². The molecule has 3 nitrogen and oxygen atoms in total. The highest BCUT2D eigenvalue weighted by Gasteiger charge is 1.84. The van der Waals surface area contributed by atoms with Crippen molar-refractivity contribution < 1.29 is 9.90 Å². The number of nitriles is 1. The molecule has 0 aromatic heterocycles. The zero-order valence-electron chi connectivity index (χ0n) is 4.39. The lowest BCUT2D eigenvalue weighted by Crippen LogP contribution is -2.21. The molecule has 8 heavy (non-hydrogen) atoms. The van der Waals surface area contributed by atoms with E-state index >= 15 is 0 Å². The molecule has 0 heterocycles. The van der Waals surface area contributed by atoms with Crippen molar-refractivity contribution in [3.63, 3.8) is 0 Å². The molecule has 3 heteroatoms. The van der Waals surface area contributed by atoms with Crippen molar-refractivity contribution in [2.75, 3.05) is 0 Å².